The Hall–Kier alpha value is -2.11. The SMILES string of the molecule is O=C(CSC1CCCc2ccccc21)NC(c1ccccc1)c1nccs1. The molecule has 3 nitrogen and oxygen atoms in total. The first-order valence-electron chi connectivity index (χ1n) is 9.24. The van der Waals surface area contributed by atoms with Gasteiger partial charge in [0.1, 0.15) is 11.0 Å². The van der Waals surface area contributed by atoms with Crippen LogP contribution in [0.2, 0.25) is 0 Å². The molecule has 0 saturated carbocycles. The maximum Gasteiger partial charge on any atom is 0.230 e. The Morgan fingerprint density at radius 1 is 1.19 bits per heavy atom. The highest BCUT2D eigenvalue weighted by Gasteiger charge is 2.23. The first-order chi connectivity index (χ1) is 13.3. The van der Waals surface area contributed by atoms with Gasteiger partial charge in [-0.3, -0.25) is 4.79 Å². The summed E-state index contributed by atoms with van der Waals surface area (Å²) in [5.41, 5.74) is 3.90. The molecule has 3 aromatic rings. The summed E-state index contributed by atoms with van der Waals surface area (Å²) in [6.45, 7) is 0. The average molecular weight is 395 g/mol. The van der Waals surface area contributed by atoms with Crippen LogP contribution in [0.4, 0.5) is 0 Å². The van der Waals surface area contributed by atoms with Gasteiger partial charge in [0.2, 0.25) is 5.91 Å². The van der Waals surface area contributed by atoms with Crippen LogP contribution in [0.5, 0.6) is 0 Å². The lowest BCUT2D eigenvalue weighted by Crippen LogP contribution is -2.31. The fraction of sp³-hybridized carbons (Fsp3) is 0.273. The number of hydrogen-bond acceptors (Lipinski definition) is 4. The zero-order chi connectivity index (χ0) is 18.5. The second-order valence-corrected chi connectivity index (χ2v) is 8.79. The molecule has 1 aromatic heterocycles. The number of thiazole rings is 1. The molecule has 2 aromatic carbocycles. The van der Waals surface area contributed by atoms with Gasteiger partial charge in [0.15, 0.2) is 0 Å². The van der Waals surface area contributed by atoms with Gasteiger partial charge in [-0.2, -0.15) is 0 Å². The Morgan fingerprint density at radius 3 is 2.81 bits per heavy atom. The number of nitrogens with zero attached hydrogens (tertiary/aromatic N) is 1. The van der Waals surface area contributed by atoms with Crippen LogP contribution in [0.3, 0.4) is 0 Å². The van der Waals surface area contributed by atoms with Crippen molar-refractivity contribution >= 4 is 29.0 Å². The topological polar surface area (TPSA) is 42.0 Å². The number of thioether (sulfide) groups is 1. The number of rotatable bonds is 6. The number of carbonyl (C=O) groups excluding carboxylic acids is 1. The number of benzene rings is 2. The molecule has 27 heavy (non-hydrogen) atoms. The highest BCUT2D eigenvalue weighted by molar-refractivity contribution is 8.00. The van der Waals surface area contributed by atoms with E-state index in [-0.39, 0.29) is 11.9 Å². The molecular formula is C22H22N2OS2. The van der Waals surface area contributed by atoms with Crippen molar-refractivity contribution in [3.8, 4) is 0 Å². The molecule has 0 saturated heterocycles. The molecule has 2 unspecified atom stereocenters. The van der Waals surface area contributed by atoms with Crippen molar-refractivity contribution < 1.29 is 4.79 Å². The number of aryl methyl sites for hydroxylation is 1. The summed E-state index contributed by atoms with van der Waals surface area (Å²) >= 11 is 3.33. The molecule has 0 fully saturated rings. The van der Waals surface area contributed by atoms with Crippen LogP contribution in [-0.4, -0.2) is 16.6 Å². The van der Waals surface area contributed by atoms with E-state index in [1.807, 2.05) is 35.7 Å². The lowest BCUT2D eigenvalue weighted by Gasteiger charge is -2.25. The van der Waals surface area contributed by atoms with Gasteiger partial charge in [-0.1, -0.05) is 54.6 Å². The van der Waals surface area contributed by atoms with Crippen LogP contribution in [-0.2, 0) is 11.2 Å². The first kappa shape index (κ1) is 18.3. The summed E-state index contributed by atoms with van der Waals surface area (Å²) in [5.74, 6) is 0.528. The smallest absolute Gasteiger partial charge is 0.230 e. The van der Waals surface area contributed by atoms with Crippen LogP contribution >= 0.6 is 23.1 Å². The van der Waals surface area contributed by atoms with Gasteiger partial charge in [0, 0.05) is 16.8 Å². The minimum Gasteiger partial charge on any atom is -0.342 e. The van der Waals surface area contributed by atoms with Crippen molar-refractivity contribution in [3.05, 3.63) is 87.9 Å². The molecule has 0 spiro atoms. The maximum atomic E-state index is 12.7. The van der Waals surface area contributed by atoms with Crippen LogP contribution in [0, 0.1) is 0 Å². The number of nitrogens with one attached hydrogen (secondary N) is 1. The van der Waals surface area contributed by atoms with Crippen molar-refractivity contribution in [2.24, 2.45) is 0 Å². The molecule has 1 aliphatic carbocycles. The predicted molar refractivity (Wildman–Crippen MR) is 113 cm³/mol. The molecule has 1 N–H and O–H groups in total. The fourth-order valence-corrected chi connectivity index (χ4v) is 5.46. The standard InChI is InChI=1S/C22H22N2OS2/c25-20(15-27-19-12-6-10-16-7-4-5-11-18(16)19)24-21(22-23-13-14-26-22)17-8-2-1-3-9-17/h1-5,7-9,11,13-14,19,21H,6,10,12,15H2,(H,24,25). The molecule has 1 amide bonds. The minimum atomic E-state index is -0.182. The summed E-state index contributed by atoms with van der Waals surface area (Å²) < 4.78 is 0. The minimum absolute atomic E-state index is 0.0621. The highest BCUT2D eigenvalue weighted by Crippen LogP contribution is 2.39. The lowest BCUT2D eigenvalue weighted by atomic mass is 9.91. The summed E-state index contributed by atoms with van der Waals surface area (Å²) in [6, 6.07) is 18.5. The second kappa shape index (κ2) is 8.72. The van der Waals surface area contributed by atoms with Crippen LogP contribution in [0.1, 0.15) is 45.8 Å². The van der Waals surface area contributed by atoms with Crippen molar-refractivity contribution in [2.45, 2.75) is 30.6 Å². The van der Waals surface area contributed by atoms with E-state index in [1.54, 1.807) is 29.3 Å². The monoisotopic (exact) mass is 394 g/mol. The summed E-state index contributed by atoms with van der Waals surface area (Å²) in [4.78, 5) is 17.1. The maximum absolute atomic E-state index is 12.7. The largest absolute Gasteiger partial charge is 0.342 e. The van der Waals surface area contributed by atoms with E-state index < -0.39 is 0 Å². The lowest BCUT2D eigenvalue weighted by molar-refractivity contribution is -0.119. The Bertz CT molecular complexity index is 880. The normalized spacial score (nSPS) is 17.1. The predicted octanol–water partition coefficient (Wildman–Crippen LogP) is 5.16. The highest BCUT2D eigenvalue weighted by atomic mass is 32.2. The van der Waals surface area contributed by atoms with E-state index in [4.69, 9.17) is 0 Å². The molecule has 1 heterocycles. The third kappa shape index (κ3) is 4.42. The second-order valence-electron chi connectivity index (χ2n) is 6.67. The summed E-state index contributed by atoms with van der Waals surface area (Å²) in [7, 11) is 0. The van der Waals surface area contributed by atoms with E-state index in [0.29, 0.717) is 11.0 Å². The fourth-order valence-electron chi connectivity index (χ4n) is 3.57. The summed E-state index contributed by atoms with van der Waals surface area (Å²) in [6.07, 6.45) is 5.28. The molecular weight excluding hydrogens is 372 g/mol. The van der Waals surface area contributed by atoms with Crippen LogP contribution < -0.4 is 5.32 Å². The van der Waals surface area contributed by atoms with Gasteiger partial charge in [0.05, 0.1) is 5.75 Å². The average Bonchev–Trinajstić information content (AvgIpc) is 3.25. The van der Waals surface area contributed by atoms with Gasteiger partial charge in [0.25, 0.3) is 0 Å². The summed E-state index contributed by atoms with van der Waals surface area (Å²) in [5, 5.41) is 6.47. The van der Waals surface area contributed by atoms with Crippen molar-refractivity contribution in [3.63, 3.8) is 0 Å². The van der Waals surface area contributed by atoms with Crippen LogP contribution in [0.25, 0.3) is 0 Å². The number of aromatic nitrogens is 1. The number of carbonyl (C=O) groups is 1. The first-order valence-corrected chi connectivity index (χ1v) is 11.2. The zero-order valence-corrected chi connectivity index (χ0v) is 16.6. The molecule has 4 rings (SSSR count). The van der Waals surface area contributed by atoms with E-state index in [1.165, 1.54) is 17.5 Å². The van der Waals surface area contributed by atoms with Crippen molar-refractivity contribution in [1.82, 2.24) is 10.3 Å². The zero-order valence-electron chi connectivity index (χ0n) is 15.0. The van der Waals surface area contributed by atoms with Gasteiger partial charge in [-0.15, -0.1) is 23.1 Å². The Morgan fingerprint density at radius 2 is 2.00 bits per heavy atom. The molecule has 0 radical (unpaired) electrons. The number of amides is 1. The van der Waals surface area contributed by atoms with Crippen molar-refractivity contribution in [1.29, 1.82) is 0 Å². The quantitative estimate of drug-likeness (QED) is 0.628. The van der Waals surface area contributed by atoms with E-state index in [0.717, 1.165) is 23.4 Å². The van der Waals surface area contributed by atoms with Crippen LogP contribution in [0.15, 0.2) is 66.2 Å². The number of fused-ring (bicyclic) bond motifs is 1. The Balaban J connectivity index is 1.42. The van der Waals surface area contributed by atoms with E-state index in [2.05, 4.69) is 34.6 Å². The molecule has 0 aliphatic heterocycles. The third-order valence-corrected chi connectivity index (χ3v) is 7.03. The molecule has 0 bridgehead atoms. The Labute approximate surface area is 168 Å². The van der Waals surface area contributed by atoms with Crippen molar-refractivity contribution in [2.75, 3.05) is 5.75 Å². The van der Waals surface area contributed by atoms with Gasteiger partial charge >= 0.3 is 0 Å². The van der Waals surface area contributed by atoms with Gasteiger partial charge in [-0.25, -0.2) is 4.98 Å². The third-order valence-electron chi connectivity index (χ3n) is 4.87. The van der Waals surface area contributed by atoms with E-state index in [9.17, 15) is 4.79 Å². The van der Waals surface area contributed by atoms with Gasteiger partial charge in [-0.05, 0) is 36.0 Å². The molecule has 138 valence electrons. The molecule has 2 atom stereocenters. The Kier molecular flexibility index (Phi) is 5.90. The van der Waals surface area contributed by atoms with Gasteiger partial charge < -0.3 is 5.32 Å². The molecule has 1 aliphatic rings. The molecule has 5 heteroatoms. The van der Waals surface area contributed by atoms with E-state index >= 15 is 0 Å². The number of hydrogen-bond donors (Lipinski definition) is 1.